The molecule has 0 spiro atoms. The zero-order valence-electron chi connectivity index (χ0n) is 22.6. The lowest BCUT2D eigenvalue weighted by Crippen LogP contribution is -2.51. The molecule has 9 heteroatoms. The first-order chi connectivity index (χ1) is 18.4. The molecule has 7 nitrogen and oxygen atoms in total. The molecule has 2 aliphatic rings. The van der Waals surface area contributed by atoms with Gasteiger partial charge in [-0.3, -0.25) is 0 Å². The van der Waals surface area contributed by atoms with Crippen LogP contribution in [0.25, 0.3) is 32.8 Å². The van der Waals surface area contributed by atoms with Crippen molar-refractivity contribution in [2.24, 2.45) is 0 Å². The molecule has 0 aliphatic carbocycles. The summed E-state index contributed by atoms with van der Waals surface area (Å²) in [4.78, 5) is 13.8. The van der Waals surface area contributed by atoms with E-state index in [1.54, 1.807) is 12.1 Å². The Bertz CT molecular complexity index is 1500. The minimum absolute atomic E-state index is 0. The number of hydrogen-bond donors (Lipinski definition) is 2. The van der Waals surface area contributed by atoms with E-state index >= 15 is 4.39 Å². The lowest BCUT2D eigenvalue weighted by molar-refractivity contribution is 0.264. The summed E-state index contributed by atoms with van der Waals surface area (Å²) in [6.07, 6.45) is 3.10. The fraction of sp³-hybridized carbons (Fsp3) is 0.400. The number of aromatic hydroxyl groups is 1. The van der Waals surface area contributed by atoms with E-state index in [4.69, 9.17) is 9.72 Å². The number of fused-ring (bicyclic) bond motifs is 4. The molecule has 1 aromatic heterocycles. The van der Waals surface area contributed by atoms with Crippen molar-refractivity contribution < 1.29 is 14.2 Å². The van der Waals surface area contributed by atoms with Gasteiger partial charge in [0, 0.05) is 42.7 Å². The number of aromatic nitrogens is 2. The van der Waals surface area contributed by atoms with E-state index in [9.17, 15) is 5.11 Å². The Balaban J connectivity index is 0.00000308. The second kappa shape index (κ2) is 11.1. The minimum Gasteiger partial charge on any atom is -0.508 e. The zero-order valence-corrected chi connectivity index (χ0v) is 23.4. The third-order valence-corrected chi connectivity index (χ3v) is 7.70. The average Bonchev–Trinajstić information content (AvgIpc) is 3.23. The number of aryl methyl sites for hydroxylation is 1. The summed E-state index contributed by atoms with van der Waals surface area (Å²) in [6.45, 7) is 4.88. The van der Waals surface area contributed by atoms with E-state index < -0.39 is 5.82 Å². The molecule has 2 fully saturated rings. The minimum atomic E-state index is -0.421. The second-order valence-corrected chi connectivity index (χ2v) is 10.9. The summed E-state index contributed by atoms with van der Waals surface area (Å²) in [6, 6.07) is 14.1. The van der Waals surface area contributed by atoms with Crippen LogP contribution in [0.3, 0.4) is 0 Å². The van der Waals surface area contributed by atoms with Gasteiger partial charge in [0.05, 0.1) is 6.61 Å². The van der Waals surface area contributed by atoms with E-state index in [0.29, 0.717) is 35.2 Å². The second-order valence-electron chi connectivity index (χ2n) is 10.9. The standard InChI is InChI=1S/C30H34FN5O2.ClH/c1-18-13-25-28(27(31)26(18)24-15-22(37)14-19-7-4-5-8-23(19)24)33-30(38-12-6-11-35(2)3)34-29(25)36-16-20-9-10-21(17-36)32-20;/h4-5,7-8,13-15,20-21,32,37H,6,9-12,16-17H2,1-3H3;1H/t20-,21+;. The van der Waals surface area contributed by atoms with Crippen molar-refractivity contribution in [2.45, 2.75) is 38.3 Å². The first kappa shape index (κ1) is 27.4. The average molecular weight is 552 g/mol. The molecule has 2 bridgehead atoms. The number of piperazine rings is 1. The summed E-state index contributed by atoms with van der Waals surface area (Å²) in [5.74, 6) is 0.406. The molecular formula is C30H35ClFN5O2. The Labute approximate surface area is 234 Å². The quantitative estimate of drug-likeness (QED) is 0.302. The van der Waals surface area contributed by atoms with E-state index in [1.165, 1.54) is 0 Å². The van der Waals surface area contributed by atoms with Crippen molar-refractivity contribution >= 4 is 39.9 Å². The molecule has 6 rings (SSSR count). The Morgan fingerprint density at radius 1 is 1.08 bits per heavy atom. The van der Waals surface area contributed by atoms with Gasteiger partial charge in [-0.05, 0) is 80.4 Å². The highest BCUT2D eigenvalue weighted by atomic mass is 35.5. The maximum absolute atomic E-state index is 16.6. The molecule has 3 aromatic carbocycles. The monoisotopic (exact) mass is 551 g/mol. The van der Waals surface area contributed by atoms with Crippen molar-refractivity contribution in [1.29, 1.82) is 0 Å². The van der Waals surface area contributed by atoms with Crippen LogP contribution < -0.4 is 15.0 Å². The number of hydrogen-bond acceptors (Lipinski definition) is 7. The number of rotatable bonds is 7. The van der Waals surface area contributed by atoms with Crippen molar-refractivity contribution in [2.75, 3.05) is 45.2 Å². The van der Waals surface area contributed by atoms with Crippen LogP contribution in [-0.4, -0.2) is 72.4 Å². The predicted octanol–water partition coefficient (Wildman–Crippen LogP) is 5.30. The van der Waals surface area contributed by atoms with Crippen LogP contribution >= 0.6 is 12.4 Å². The third-order valence-electron chi connectivity index (χ3n) is 7.70. The van der Waals surface area contributed by atoms with Crippen LogP contribution in [-0.2, 0) is 0 Å². The van der Waals surface area contributed by atoms with Gasteiger partial charge < -0.3 is 25.0 Å². The van der Waals surface area contributed by atoms with Crippen LogP contribution in [0.15, 0.2) is 42.5 Å². The molecule has 206 valence electrons. The van der Waals surface area contributed by atoms with Gasteiger partial charge in [0.2, 0.25) is 0 Å². The summed E-state index contributed by atoms with van der Waals surface area (Å²) in [7, 11) is 4.04. The number of ether oxygens (including phenoxy) is 1. The summed E-state index contributed by atoms with van der Waals surface area (Å²) >= 11 is 0. The maximum atomic E-state index is 16.6. The number of phenolic OH excluding ortho intramolecular Hbond substituents is 1. The van der Waals surface area contributed by atoms with Gasteiger partial charge in [0.1, 0.15) is 17.1 Å². The number of nitrogens with zero attached hydrogens (tertiary/aromatic N) is 4. The molecule has 0 amide bonds. The normalized spacial score (nSPS) is 18.6. The van der Waals surface area contributed by atoms with Gasteiger partial charge in [-0.2, -0.15) is 9.97 Å². The number of halogens is 2. The van der Waals surface area contributed by atoms with Gasteiger partial charge in [-0.15, -0.1) is 12.4 Å². The molecule has 2 aliphatic heterocycles. The molecule has 0 saturated carbocycles. The van der Waals surface area contributed by atoms with Crippen LogP contribution in [0.4, 0.5) is 10.2 Å². The highest BCUT2D eigenvalue weighted by molar-refractivity contribution is 6.02. The fourth-order valence-electron chi connectivity index (χ4n) is 5.97. The van der Waals surface area contributed by atoms with Crippen LogP contribution in [0, 0.1) is 12.7 Å². The predicted molar refractivity (Wildman–Crippen MR) is 157 cm³/mol. The van der Waals surface area contributed by atoms with Crippen LogP contribution in [0.1, 0.15) is 24.8 Å². The molecule has 0 radical (unpaired) electrons. The molecule has 0 unspecified atom stereocenters. The van der Waals surface area contributed by atoms with Gasteiger partial charge in [-0.25, -0.2) is 4.39 Å². The highest BCUT2D eigenvalue weighted by Crippen LogP contribution is 2.40. The van der Waals surface area contributed by atoms with Gasteiger partial charge in [0.15, 0.2) is 5.82 Å². The van der Waals surface area contributed by atoms with Gasteiger partial charge in [0.25, 0.3) is 0 Å². The molecule has 2 saturated heterocycles. The largest absolute Gasteiger partial charge is 0.508 e. The van der Waals surface area contributed by atoms with Crippen molar-refractivity contribution in [1.82, 2.24) is 20.2 Å². The Hall–Kier alpha value is -3.20. The first-order valence-electron chi connectivity index (χ1n) is 13.4. The van der Waals surface area contributed by atoms with Gasteiger partial charge in [-0.1, -0.05) is 24.3 Å². The summed E-state index contributed by atoms with van der Waals surface area (Å²) in [5, 5.41) is 16.5. The Morgan fingerprint density at radius 3 is 2.56 bits per heavy atom. The van der Waals surface area contributed by atoms with Crippen molar-refractivity contribution in [3.8, 4) is 22.9 Å². The van der Waals surface area contributed by atoms with Gasteiger partial charge >= 0.3 is 6.01 Å². The van der Waals surface area contributed by atoms with E-state index in [1.807, 2.05) is 51.4 Å². The highest BCUT2D eigenvalue weighted by Gasteiger charge is 2.34. The SMILES string of the molecule is Cc1cc2c(N3C[C@H]4CC[C@@H](C3)N4)nc(OCCCN(C)C)nc2c(F)c1-c1cc(O)cc2ccccc12.Cl. The van der Waals surface area contributed by atoms with Crippen LogP contribution in [0.2, 0.25) is 0 Å². The zero-order chi connectivity index (χ0) is 26.4. The smallest absolute Gasteiger partial charge is 0.319 e. The van der Waals surface area contributed by atoms with Crippen molar-refractivity contribution in [3.05, 3.63) is 53.8 Å². The molecule has 39 heavy (non-hydrogen) atoms. The molecule has 2 N–H and O–H groups in total. The molecule has 2 atom stereocenters. The fourth-order valence-corrected chi connectivity index (χ4v) is 5.97. The Morgan fingerprint density at radius 2 is 1.82 bits per heavy atom. The van der Waals surface area contributed by atoms with Crippen molar-refractivity contribution in [3.63, 3.8) is 0 Å². The topological polar surface area (TPSA) is 73.8 Å². The van der Waals surface area contributed by atoms with E-state index in [0.717, 1.165) is 61.1 Å². The summed E-state index contributed by atoms with van der Waals surface area (Å²) < 4.78 is 22.6. The van der Waals surface area contributed by atoms with E-state index in [2.05, 4.69) is 20.1 Å². The first-order valence-corrected chi connectivity index (χ1v) is 13.4. The Kier molecular flexibility index (Phi) is 7.80. The summed E-state index contributed by atoms with van der Waals surface area (Å²) in [5.41, 5.74) is 2.10. The number of benzene rings is 3. The molecule has 4 aromatic rings. The number of anilines is 1. The maximum Gasteiger partial charge on any atom is 0.319 e. The van der Waals surface area contributed by atoms with Crippen LogP contribution in [0.5, 0.6) is 11.8 Å². The number of nitrogens with one attached hydrogen (secondary N) is 1. The van der Waals surface area contributed by atoms with E-state index in [-0.39, 0.29) is 29.7 Å². The molecule has 3 heterocycles. The lowest BCUT2D eigenvalue weighted by Gasteiger charge is -2.34. The lowest BCUT2D eigenvalue weighted by atomic mass is 9.93. The number of phenols is 1. The third kappa shape index (κ3) is 5.33. The molecular weight excluding hydrogens is 517 g/mol.